The Morgan fingerprint density at radius 1 is 1.21 bits per heavy atom. The zero-order valence-electron chi connectivity index (χ0n) is 22.8. The number of fused-ring (bicyclic) bond motifs is 5. The van der Waals surface area contributed by atoms with Crippen LogP contribution in [0, 0.1) is 34.5 Å². The van der Waals surface area contributed by atoms with Crippen molar-refractivity contribution >= 4 is 35.1 Å². The number of carbonyl (C=O) groups is 4. The van der Waals surface area contributed by atoms with E-state index in [1.807, 2.05) is 13.8 Å². The van der Waals surface area contributed by atoms with Gasteiger partial charge in [-0.3, -0.25) is 19.2 Å². The fraction of sp³-hybridized carbons (Fsp3) is 0.793. The average Bonchev–Trinajstić information content (AvgIpc) is 3.07. The monoisotopic (exact) mass is 552 g/mol. The van der Waals surface area contributed by atoms with E-state index < -0.39 is 53.0 Å². The normalized spacial score (nSPS) is 41.9. The van der Waals surface area contributed by atoms with E-state index in [1.54, 1.807) is 6.08 Å². The van der Waals surface area contributed by atoms with Crippen LogP contribution in [-0.2, 0) is 28.7 Å². The van der Waals surface area contributed by atoms with Crippen LogP contribution in [0.15, 0.2) is 11.6 Å². The molecular weight excluding hydrogens is 512 g/mol. The van der Waals surface area contributed by atoms with Gasteiger partial charge in [-0.1, -0.05) is 32.8 Å². The summed E-state index contributed by atoms with van der Waals surface area (Å²) in [5.41, 5.74) is -2.49. The van der Waals surface area contributed by atoms with Crippen molar-refractivity contribution in [1.29, 1.82) is 0 Å². The summed E-state index contributed by atoms with van der Waals surface area (Å²) in [5, 5.41) is 23.4. The fourth-order valence-corrected chi connectivity index (χ4v) is 9.09. The first kappa shape index (κ1) is 29.2. The molecule has 9 heteroatoms. The lowest BCUT2D eigenvalue weighted by molar-refractivity contribution is -0.215. The van der Waals surface area contributed by atoms with E-state index in [1.165, 1.54) is 6.92 Å². The summed E-state index contributed by atoms with van der Waals surface area (Å²) >= 11 is 6.40. The highest BCUT2D eigenvalue weighted by Gasteiger charge is 2.74. The smallest absolute Gasteiger partial charge is 0.306 e. The van der Waals surface area contributed by atoms with E-state index in [0.29, 0.717) is 31.6 Å². The van der Waals surface area contributed by atoms with Crippen molar-refractivity contribution in [2.24, 2.45) is 34.5 Å². The zero-order valence-corrected chi connectivity index (χ0v) is 23.6. The molecule has 0 aromatic rings. The molecule has 0 spiro atoms. The van der Waals surface area contributed by atoms with E-state index in [4.69, 9.17) is 21.1 Å². The second-order valence-electron chi connectivity index (χ2n) is 12.3. The first-order valence-corrected chi connectivity index (χ1v) is 14.4. The van der Waals surface area contributed by atoms with E-state index in [0.717, 1.165) is 12.0 Å². The topological polar surface area (TPSA) is 127 Å². The molecule has 0 saturated heterocycles. The summed E-state index contributed by atoms with van der Waals surface area (Å²) < 4.78 is 11.0. The third-order valence-electron chi connectivity index (χ3n) is 10.4. The van der Waals surface area contributed by atoms with Crippen molar-refractivity contribution < 1.29 is 38.9 Å². The lowest BCUT2D eigenvalue weighted by Gasteiger charge is -2.62. The number of aliphatic hydroxyl groups excluding tert-OH is 2. The standard InChI is InChI=1S/C29H41ClO8/c1-5-6-7-25(36)38-29(24(35)15-37-16(2)31)23(34)12-21-20-9-8-17-10-19(32)11-18(14-30)28(17,4)26(20)22(33)13-27(21,29)3/h10,18,20-23,26,33-34H,5-9,11-15H2,1-4H3/t18?,20?,21?,22-,23-,26?,27?,28?,29-/m0/s1. The number of ketones is 2. The summed E-state index contributed by atoms with van der Waals surface area (Å²) in [4.78, 5) is 50.7. The highest BCUT2D eigenvalue weighted by Crippen LogP contribution is 2.69. The van der Waals surface area contributed by atoms with Gasteiger partial charge in [0.1, 0.15) is 6.10 Å². The van der Waals surface area contributed by atoms with Crippen molar-refractivity contribution in [2.75, 3.05) is 12.5 Å². The largest absolute Gasteiger partial charge is 0.458 e. The number of hydrogen-bond donors (Lipinski definition) is 2. The highest BCUT2D eigenvalue weighted by atomic mass is 35.5. The number of unbranched alkanes of at least 4 members (excludes halogenated alkanes) is 1. The highest BCUT2D eigenvalue weighted by molar-refractivity contribution is 6.18. The van der Waals surface area contributed by atoms with Gasteiger partial charge in [0.05, 0.1) is 6.10 Å². The molecule has 0 aromatic carbocycles. The number of aliphatic hydroxyl groups is 2. The van der Waals surface area contributed by atoms with Crippen molar-refractivity contribution in [1.82, 2.24) is 0 Å². The van der Waals surface area contributed by atoms with Crippen LogP contribution in [0.25, 0.3) is 0 Å². The van der Waals surface area contributed by atoms with Gasteiger partial charge in [0, 0.05) is 31.1 Å². The second kappa shape index (κ2) is 10.7. The zero-order chi connectivity index (χ0) is 28.0. The van der Waals surface area contributed by atoms with E-state index in [9.17, 15) is 29.4 Å². The third-order valence-corrected chi connectivity index (χ3v) is 10.8. The Kier molecular flexibility index (Phi) is 8.20. The molecule has 38 heavy (non-hydrogen) atoms. The number of esters is 2. The minimum Gasteiger partial charge on any atom is -0.458 e. The average molecular weight is 553 g/mol. The van der Waals surface area contributed by atoms with Gasteiger partial charge in [-0.05, 0) is 67.3 Å². The molecule has 4 aliphatic carbocycles. The Morgan fingerprint density at radius 2 is 1.92 bits per heavy atom. The summed E-state index contributed by atoms with van der Waals surface area (Å²) in [6.45, 7) is 6.42. The Balaban J connectivity index is 1.77. The van der Waals surface area contributed by atoms with E-state index >= 15 is 0 Å². The maximum absolute atomic E-state index is 13.8. The van der Waals surface area contributed by atoms with Gasteiger partial charge in [0.15, 0.2) is 12.4 Å². The van der Waals surface area contributed by atoms with Crippen molar-refractivity contribution in [3.8, 4) is 0 Å². The van der Waals surface area contributed by atoms with Crippen LogP contribution in [0.5, 0.6) is 0 Å². The fourth-order valence-electron chi connectivity index (χ4n) is 8.66. The summed E-state index contributed by atoms with van der Waals surface area (Å²) in [5.74, 6) is -2.23. The number of carbonyl (C=O) groups excluding carboxylic acids is 4. The van der Waals surface area contributed by atoms with Gasteiger partial charge in [-0.2, -0.15) is 0 Å². The third kappa shape index (κ3) is 4.35. The van der Waals surface area contributed by atoms with Crippen molar-refractivity contribution in [2.45, 2.75) is 96.9 Å². The molecule has 0 radical (unpaired) electrons. The summed E-state index contributed by atoms with van der Waals surface area (Å²) in [6.07, 6.45) is 2.97. The lowest BCUT2D eigenvalue weighted by atomic mass is 9.43. The Hall–Kier alpha value is -1.77. The first-order chi connectivity index (χ1) is 17.9. The van der Waals surface area contributed by atoms with Crippen LogP contribution in [0.4, 0.5) is 0 Å². The Morgan fingerprint density at radius 3 is 2.55 bits per heavy atom. The second-order valence-corrected chi connectivity index (χ2v) is 12.6. The molecule has 4 rings (SSSR count). The number of hydrogen-bond acceptors (Lipinski definition) is 8. The van der Waals surface area contributed by atoms with Crippen LogP contribution in [0.3, 0.4) is 0 Å². The molecule has 0 aliphatic heterocycles. The lowest BCUT2D eigenvalue weighted by Crippen LogP contribution is -2.66. The molecule has 0 heterocycles. The molecule has 0 aromatic heterocycles. The van der Waals surface area contributed by atoms with Gasteiger partial charge in [0.25, 0.3) is 0 Å². The van der Waals surface area contributed by atoms with Gasteiger partial charge >= 0.3 is 11.9 Å². The maximum atomic E-state index is 13.8. The molecule has 9 atom stereocenters. The summed E-state index contributed by atoms with van der Waals surface area (Å²) in [6, 6.07) is 0. The van der Waals surface area contributed by atoms with Crippen LogP contribution in [-0.4, -0.2) is 64.0 Å². The summed E-state index contributed by atoms with van der Waals surface area (Å²) in [7, 11) is 0. The number of Topliss-reactive ketones (excluding diaryl/α,β-unsaturated/α-hetero) is 1. The molecule has 6 unspecified atom stereocenters. The van der Waals surface area contributed by atoms with Crippen LogP contribution < -0.4 is 0 Å². The SMILES string of the molecule is CCCCC(=O)O[C@]1(C(=O)COC(C)=O)[C@@H](O)CC2C3CCC4=CC(=O)CC(CCl)C4(C)C3[C@@H](O)CC21C. The Bertz CT molecular complexity index is 1020. The number of halogens is 1. The van der Waals surface area contributed by atoms with Gasteiger partial charge in [-0.25, -0.2) is 0 Å². The van der Waals surface area contributed by atoms with Crippen LogP contribution >= 0.6 is 11.6 Å². The van der Waals surface area contributed by atoms with Gasteiger partial charge < -0.3 is 19.7 Å². The van der Waals surface area contributed by atoms with Crippen LogP contribution in [0.1, 0.15) is 79.1 Å². The quantitative estimate of drug-likeness (QED) is 0.346. The molecule has 3 fully saturated rings. The van der Waals surface area contributed by atoms with E-state index in [2.05, 4.69) is 6.92 Å². The van der Waals surface area contributed by atoms with E-state index in [-0.39, 0.29) is 48.7 Å². The minimum absolute atomic E-state index is 0.0575. The maximum Gasteiger partial charge on any atom is 0.306 e. The molecule has 0 amide bonds. The molecule has 8 nitrogen and oxygen atoms in total. The molecule has 2 N–H and O–H groups in total. The van der Waals surface area contributed by atoms with Gasteiger partial charge in [0.2, 0.25) is 11.4 Å². The number of rotatable bonds is 8. The number of ether oxygens (including phenoxy) is 2. The molecule has 212 valence electrons. The number of allylic oxidation sites excluding steroid dienone is 1. The number of alkyl halides is 1. The Labute approximate surface area is 229 Å². The van der Waals surface area contributed by atoms with Gasteiger partial charge in [-0.15, -0.1) is 11.6 Å². The molecular formula is C29H41ClO8. The predicted octanol–water partition coefficient (Wildman–Crippen LogP) is 3.53. The predicted molar refractivity (Wildman–Crippen MR) is 139 cm³/mol. The van der Waals surface area contributed by atoms with Crippen molar-refractivity contribution in [3.05, 3.63) is 11.6 Å². The minimum atomic E-state index is -1.94. The first-order valence-electron chi connectivity index (χ1n) is 13.9. The molecule has 3 saturated carbocycles. The van der Waals surface area contributed by atoms with Crippen LogP contribution in [0.2, 0.25) is 0 Å². The van der Waals surface area contributed by atoms with Crippen molar-refractivity contribution in [3.63, 3.8) is 0 Å². The molecule has 0 bridgehead atoms. The molecule has 4 aliphatic rings.